The molecule has 0 amide bonds. The van der Waals surface area contributed by atoms with Crippen LogP contribution in [0, 0.1) is 6.92 Å². The molecule has 0 atom stereocenters. The summed E-state index contributed by atoms with van der Waals surface area (Å²) in [5.41, 5.74) is 3.49. The molecular weight excluding hydrogens is 286 g/mol. The van der Waals surface area contributed by atoms with Crippen molar-refractivity contribution in [3.8, 4) is 11.5 Å². The second-order valence-electron chi connectivity index (χ2n) is 6.10. The van der Waals surface area contributed by atoms with E-state index in [4.69, 9.17) is 5.10 Å². The topological polar surface area (TPSA) is 47.7 Å². The van der Waals surface area contributed by atoms with E-state index in [2.05, 4.69) is 47.7 Å². The van der Waals surface area contributed by atoms with Gasteiger partial charge in [0, 0.05) is 24.4 Å². The second kappa shape index (κ2) is 6.01. The Morgan fingerprint density at radius 2 is 1.96 bits per heavy atom. The summed E-state index contributed by atoms with van der Waals surface area (Å²) in [6, 6.07) is 12.5. The highest BCUT2D eigenvalue weighted by Crippen LogP contribution is 2.28. The van der Waals surface area contributed by atoms with Gasteiger partial charge in [-0.3, -0.25) is 0 Å². The molecule has 2 aromatic heterocycles. The van der Waals surface area contributed by atoms with Crippen LogP contribution in [0.4, 0.5) is 0 Å². The number of nitrogens with zero attached hydrogens (tertiary/aromatic N) is 4. The normalized spacial score (nSPS) is 15.9. The summed E-state index contributed by atoms with van der Waals surface area (Å²) in [5.74, 6) is 1.52. The van der Waals surface area contributed by atoms with E-state index in [1.807, 2.05) is 21.6 Å². The van der Waals surface area contributed by atoms with Crippen LogP contribution in [0.2, 0.25) is 0 Å². The molecule has 0 spiro atoms. The second-order valence-corrected chi connectivity index (χ2v) is 6.10. The number of hydrogen-bond acceptors (Lipinski definition) is 3. The average molecular weight is 307 g/mol. The van der Waals surface area contributed by atoms with E-state index in [1.165, 1.54) is 11.3 Å². The van der Waals surface area contributed by atoms with Crippen LogP contribution in [0.3, 0.4) is 0 Å². The molecule has 3 heterocycles. The van der Waals surface area contributed by atoms with E-state index in [0.29, 0.717) is 5.92 Å². The Morgan fingerprint density at radius 1 is 1.13 bits per heavy atom. The van der Waals surface area contributed by atoms with Gasteiger partial charge in [0.2, 0.25) is 0 Å². The lowest BCUT2D eigenvalue weighted by atomic mass is 9.95. The standard InChI is InChI=1S/C18H21N5/c1-14-5-2-3-6-17(14)23-18(22-12-4-9-20-22)13-16(21-23)15-7-10-19-11-8-15/h2-6,9,12-13,15,19H,7-8,10-11H2,1H3. The molecule has 1 aliphatic heterocycles. The molecule has 1 aliphatic rings. The van der Waals surface area contributed by atoms with Crippen LogP contribution in [-0.4, -0.2) is 32.7 Å². The fourth-order valence-electron chi connectivity index (χ4n) is 3.25. The van der Waals surface area contributed by atoms with Gasteiger partial charge in [-0.15, -0.1) is 0 Å². The molecule has 5 heteroatoms. The molecule has 1 saturated heterocycles. The Labute approximate surface area is 135 Å². The summed E-state index contributed by atoms with van der Waals surface area (Å²) < 4.78 is 3.92. The predicted molar refractivity (Wildman–Crippen MR) is 90.3 cm³/mol. The molecule has 23 heavy (non-hydrogen) atoms. The first-order chi connectivity index (χ1) is 11.3. The van der Waals surface area contributed by atoms with Gasteiger partial charge in [-0.1, -0.05) is 18.2 Å². The van der Waals surface area contributed by atoms with Gasteiger partial charge in [0.05, 0.1) is 11.4 Å². The Balaban J connectivity index is 1.83. The van der Waals surface area contributed by atoms with Crippen molar-refractivity contribution in [2.24, 2.45) is 0 Å². The fraction of sp³-hybridized carbons (Fsp3) is 0.333. The summed E-state index contributed by atoms with van der Waals surface area (Å²) in [6.07, 6.45) is 6.06. The molecular formula is C18H21N5. The monoisotopic (exact) mass is 307 g/mol. The third kappa shape index (κ3) is 2.68. The first-order valence-corrected chi connectivity index (χ1v) is 8.19. The quantitative estimate of drug-likeness (QED) is 0.809. The maximum Gasteiger partial charge on any atom is 0.157 e. The number of rotatable bonds is 3. The minimum Gasteiger partial charge on any atom is -0.317 e. The molecule has 0 aliphatic carbocycles. The van der Waals surface area contributed by atoms with Gasteiger partial charge >= 0.3 is 0 Å². The number of para-hydroxylation sites is 1. The number of benzene rings is 1. The predicted octanol–water partition coefficient (Wildman–Crippen LogP) is 2.83. The van der Waals surface area contributed by atoms with E-state index in [9.17, 15) is 0 Å². The van der Waals surface area contributed by atoms with Crippen molar-refractivity contribution < 1.29 is 0 Å². The number of aryl methyl sites for hydroxylation is 1. The lowest BCUT2D eigenvalue weighted by Crippen LogP contribution is -2.26. The van der Waals surface area contributed by atoms with E-state index in [1.54, 1.807) is 6.20 Å². The molecule has 1 N–H and O–H groups in total. The van der Waals surface area contributed by atoms with Crippen molar-refractivity contribution in [1.82, 2.24) is 24.9 Å². The molecule has 1 aromatic carbocycles. The largest absolute Gasteiger partial charge is 0.317 e. The highest BCUT2D eigenvalue weighted by molar-refractivity contribution is 5.45. The zero-order valence-electron chi connectivity index (χ0n) is 13.3. The van der Waals surface area contributed by atoms with Gasteiger partial charge in [-0.05, 0) is 50.6 Å². The molecule has 4 rings (SSSR count). The Kier molecular flexibility index (Phi) is 3.71. The molecule has 3 aromatic rings. The molecule has 5 nitrogen and oxygen atoms in total. The highest BCUT2D eigenvalue weighted by atomic mass is 15.4. The lowest BCUT2D eigenvalue weighted by Gasteiger charge is -2.20. The van der Waals surface area contributed by atoms with Crippen molar-refractivity contribution >= 4 is 0 Å². The Morgan fingerprint density at radius 3 is 2.70 bits per heavy atom. The fourth-order valence-corrected chi connectivity index (χ4v) is 3.25. The summed E-state index contributed by atoms with van der Waals surface area (Å²) in [7, 11) is 0. The maximum absolute atomic E-state index is 4.95. The van der Waals surface area contributed by atoms with Gasteiger partial charge in [0.25, 0.3) is 0 Å². The van der Waals surface area contributed by atoms with Gasteiger partial charge < -0.3 is 5.32 Å². The van der Waals surface area contributed by atoms with Crippen LogP contribution < -0.4 is 5.32 Å². The number of piperidine rings is 1. The van der Waals surface area contributed by atoms with Crippen LogP contribution in [0.5, 0.6) is 0 Å². The Hall–Kier alpha value is -2.40. The molecule has 118 valence electrons. The van der Waals surface area contributed by atoms with Crippen molar-refractivity contribution in [1.29, 1.82) is 0 Å². The minimum atomic E-state index is 0.524. The smallest absolute Gasteiger partial charge is 0.157 e. The van der Waals surface area contributed by atoms with Crippen molar-refractivity contribution in [2.75, 3.05) is 13.1 Å². The van der Waals surface area contributed by atoms with Crippen molar-refractivity contribution in [3.63, 3.8) is 0 Å². The summed E-state index contributed by atoms with van der Waals surface area (Å²) in [6.45, 7) is 4.26. The van der Waals surface area contributed by atoms with E-state index in [-0.39, 0.29) is 0 Å². The zero-order chi connectivity index (χ0) is 15.6. The van der Waals surface area contributed by atoms with E-state index >= 15 is 0 Å². The molecule has 1 fully saturated rings. The van der Waals surface area contributed by atoms with Crippen LogP contribution in [0.25, 0.3) is 11.5 Å². The van der Waals surface area contributed by atoms with E-state index in [0.717, 1.165) is 37.4 Å². The van der Waals surface area contributed by atoms with Gasteiger partial charge in [-0.25, -0.2) is 9.36 Å². The van der Waals surface area contributed by atoms with E-state index < -0.39 is 0 Å². The molecule has 0 bridgehead atoms. The first-order valence-electron chi connectivity index (χ1n) is 8.19. The van der Waals surface area contributed by atoms with Crippen LogP contribution in [0.1, 0.15) is 30.0 Å². The number of nitrogens with one attached hydrogen (secondary N) is 1. The SMILES string of the molecule is Cc1ccccc1-n1nc(C2CCNCC2)cc1-n1cccn1. The third-order valence-corrected chi connectivity index (χ3v) is 4.55. The molecule has 0 unspecified atom stereocenters. The van der Waals surface area contributed by atoms with Gasteiger partial charge in [0.1, 0.15) is 0 Å². The van der Waals surface area contributed by atoms with Crippen molar-refractivity contribution in [3.05, 3.63) is 60.0 Å². The molecule has 0 radical (unpaired) electrons. The summed E-state index contributed by atoms with van der Waals surface area (Å²) >= 11 is 0. The van der Waals surface area contributed by atoms with Gasteiger partial charge in [0.15, 0.2) is 5.82 Å². The summed E-state index contributed by atoms with van der Waals surface area (Å²) in [4.78, 5) is 0. The minimum absolute atomic E-state index is 0.524. The Bertz CT molecular complexity index is 782. The van der Waals surface area contributed by atoms with Crippen LogP contribution in [-0.2, 0) is 0 Å². The van der Waals surface area contributed by atoms with Crippen LogP contribution in [0.15, 0.2) is 48.8 Å². The third-order valence-electron chi connectivity index (χ3n) is 4.55. The van der Waals surface area contributed by atoms with Crippen LogP contribution >= 0.6 is 0 Å². The first kappa shape index (κ1) is 14.2. The maximum atomic E-state index is 4.95. The zero-order valence-corrected chi connectivity index (χ0v) is 13.3. The van der Waals surface area contributed by atoms with Crippen molar-refractivity contribution in [2.45, 2.75) is 25.7 Å². The number of aromatic nitrogens is 4. The average Bonchev–Trinajstić information content (AvgIpc) is 3.25. The molecule has 0 saturated carbocycles. The summed E-state index contributed by atoms with van der Waals surface area (Å²) in [5, 5.41) is 12.8. The van der Waals surface area contributed by atoms with Gasteiger partial charge in [-0.2, -0.15) is 10.2 Å². The lowest BCUT2D eigenvalue weighted by molar-refractivity contribution is 0.451. The number of hydrogen-bond donors (Lipinski definition) is 1. The highest BCUT2D eigenvalue weighted by Gasteiger charge is 2.21.